The zero-order valence-electron chi connectivity index (χ0n) is 16.1. The fraction of sp³-hybridized carbons (Fsp3) is 0.474. The lowest BCUT2D eigenvalue weighted by Crippen LogP contribution is -2.10. The number of hydrogen-bond donors (Lipinski definition) is 2. The van der Waals surface area contributed by atoms with Crippen LogP contribution in [0.5, 0.6) is 5.75 Å². The van der Waals surface area contributed by atoms with Crippen LogP contribution < -0.4 is 15.4 Å². The molecule has 0 spiro atoms. The first-order chi connectivity index (χ1) is 13.0. The van der Waals surface area contributed by atoms with Crippen LogP contribution in [-0.2, 0) is 0 Å². The quantitative estimate of drug-likeness (QED) is 0.332. The summed E-state index contributed by atoms with van der Waals surface area (Å²) in [6.45, 7) is 7.58. The van der Waals surface area contributed by atoms with Gasteiger partial charge >= 0.3 is 5.69 Å². The lowest BCUT2D eigenvalue weighted by atomic mass is 10.1. The summed E-state index contributed by atoms with van der Waals surface area (Å²) in [5, 5.41) is 17.6. The van der Waals surface area contributed by atoms with E-state index < -0.39 is 4.92 Å². The fourth-order valence-electron chi connectivity index (χ4n) is 2.36. The number of benzene rings is 1. The maximum absolute atomic E-state index is 11.6. The van der Waals surface area contributed by atoms with E-state index in [2.05, 4.69) is 41.4 Å². The van der Waals surface area contributed by atoms with Gasteiger partial charge in [-0.15, -0.1) is 0 Å². The summed E-state index contributed by atoms with van der Waals surface area (Å²) < 4.78 is 5.62. The van der Waals surface area contributed by atoms with Gasteiger partial charge in [0.15, 0.2) is 0 Å². The van der Waals surface area contributed by atoms with Crippen molar-refractivity contribution >= 4 is 23.0 Å². The Morgan fingerprint density at radius 1 is 1.19 bits per heavy atom. The molecule has 2 aromatic rings. The predicted octanol–water partition coefficient (Wildman–Crippen LogP) is 4.77. The molecule has 0 atom stereocenters. The highest BCUT2D eigenvalue weighted by atomic mass is 16.6. The maximum atomic E-state index is 11.6. The molecule has 0 aliphatic rings. The van der Waals surface area contributed by atoms with Crippen LogP contribution in [0.25, 0.3) is 0 Å². The average molecular weight is 373 g/mol. The van der Waals surface area contributed by atoms with Gasteiger partial charge in [-0.05, 0) is 43.0 Å². The molecular weight excluding hydrogens is 346 g/mol. The third-order valence-electron chi connectivity index (χ3n) is 3.90. The molecule has 2 N–H and O–H groups in total. The largest absolute Gasteiger partial charge is 0.494 e. The Hall–Kier alpha value is -2.90. The van der Waals surface area contributed by atoms with Crippen molar-refractivity contribution in [3.05, 3.63) is 40.7 Å². The Balaban J connectivity index is 2.11. The summed E-state index contributed by atoms with van der Waals surface area (Å²) in [6, 6.07) is 7.26. The van der Waals surface area contributed by atoms with Gasteiger partial charge in [-0.1, -0.05) is 27.2 Å². The number of hydrogen-bond acceptors (Lipinski definition) is 7. The minimum Gasteiger partial charge on any atom is -0.494 e. The van der Waals surface area contributed by atoms with Gasteiger partial charge in [0, 0.05) is 12.2 Å². The molecule has 8 heteroatoms. The Bertz CT molecular complexity index is 735. The third-order valence-corrected chi connectivity index (χ3v) is 3.90. The number of nitro groups is 1. The second-order valence-electron chi connectivity index (χ2n) is 6.64. The zero-order chi connectivity index (χ0) is 19.6. The molecular formula is C19H27N5O3. The lowest BCUT2D eigenvalue weighted by Gasteiger charge is -2.11. The molecule has 0 saturated carbocycles. The van der Waals surface area contributed by atoms with Crippen LogP contribution in [0.1, 0.15) is 40.0 Å². The number of aromatic nitrogens is 2. The first-order valence-corrected chi connectivity index (χ1v) is 9.24. The van der Waals surface area contributed by atoms with Crippen LogP contribution in [0.3, 0.4) is 0 Å². The molecule has 0 radical (unpaired) electrons. The highest BCUT2D eigenvalue weighted by Gasteiger charge is 2.23. The number of nitrogens with one attached hydrogen (secondary N) is 2. The van der Waals surface area contributed by atoms with Crippen LogP contribution in [0.4, 0.5) is 23.0 Å². The molecule has 0 unspecified atom stereocenters. The van der Waals surface area contributed by atoms with Crippen LogP contribution in [0.2, 0.25) is 0 Å². The van der Waals surface area contributed by atoms with Crippen LogP contribution in [0.15, 0.2) is 30.6 Å². The Kier molecular flexibility index (Phi) is 7.79. The normalized spacial score (nSPS) is 10.7. The summed E-state index contributed by atoms with van der Waals surface area (Å²) in [5.41, 5.74) is 0.525. The van der Waals surface area contributed by atoms with E-state index in [4.69, 9.17) is 4.74 Å². The molecule has 1 aromatic heterocycles. The molecule has 1 heterocycles. The zero-order valence-corrected chi connectivity index (χ0v) is 16.1. The van der Waals surface area contributed by atoms with Gasteiger partial charge in [0.1, 0.15) is 12.1 Å². The van der Waals surface area contributed by atoms with Crippen LogP contribution >= 0.6 is 0 Å². The number of unbranched alkanes of at least 4 members (excludes halogenated alkanes) is 1. The lowest BCUT2D eigenvalue weighted by molar-refractivity contribution is -0.383. The molecule has 27 heavy (non-hydrogen) atoms. The highest BCUT2D eigenvalue weighted by Crippen LogP contribution is 2.31. The van der Waals surface area contributed by atoms with E-state index in [-0.39, 0.29) is 17.3 Å². The van der Waals surface area contributed by atoms with Crippen molar-refractivity contribution in [3.8, 4) is 5.75 Å². The maximum Gasteiger partial charge on any atom is 0.353 e. The van der Waals surface area contributed by atoms with E-state index in [1.54, 1.807) is 12.1 Å². The number of anilines is 3. The highest BCUT2D eigenvalue weighted by molar-refractivity contribution is 5.73. The summed E-state index contributed by atoms with van der Waals surface area (Å²) in [6.07, 6.45) is 4.28. The number of nitrogens with zero attached hydrogens (tertiary/aromatic N) is 3. The molecule has 0 saturated heterocycles. The van der Waals surface area contributed by atoms with Crippen molar-refractivity contribution < 1.29 is 9.66 Å². The average Bonchev–Trinajstić information content (AvgIpc) is 2.63. The summed E-state index contributed by atoms with van der Waals surface area (Å²) in [5.74, 6) is 1.63. The monoisotopic (exact) mass is 373 g/mol. The molecule has 8 nitrogen and oxygen atoms in total. The molecule has 1 aromatic carbocycles. The fourth-order valence-corrected chi connectivity index (χ4v) is 2.36. The van der Waals surface area contributed by atoms with E-state index in [0.29, 0.717) is 24.8 Å². The van der Waals surface area contributed by atoms with E-state index >= 15 is 0 Å². The first kappa shape index (κ1) is 20.4. The smallest absolute Gasteiger partial charge is 0.353 e. The van der Waals surface area contributed by atoms with Crippen molar-refractivity contribution in [2.45, 2.75) is 40.0 Å². The predicted molar refractivity (Wildman–Crippen MR) is 107 cm³/mol. The van der Waals surface area contributed by atoms with Gasteiger partial charge in [0.25, 0.3) is 0 Å². The second-order valence-corrected chi connectivity index (χ2v) is 6.64. The van der Waals surface area contributed by atoms with Crippen LogP contribution in [0, 0.1) is 16.0 Å². The minimum absolute atomic E-state index is 0.154. The first-order valence-electron chi connectivity index (χ1n) is 9.24. The van der Waals surface area contributed by atoms with E-state index in [1.807, 2.05) is 12.1 Å². The van der Waals surface area contributed by atoms with Crippen molar-refractivity contribution in [1.29, 1.82) is 0 Å². The summed E-state index contributed by atoms with van der Waals surface area (Å²) in [4.78, 5) is 19.2. The Labute approximate surface area is 159 Å². The number of ether oxygens (including phenoxy) is 1. The van der Waals surface area contributed by atoms with Crippen molar-refractivity contribution in [1.82, 2.24) is 9.97 Å². The summed E-state index contributed by atoms with van der Waals surface area (Å²) >= 11 is 0. The topological polar surface area (TPSA) is 102 Å². The van der Waals surface area contributed by atoms with Gasteiger partial charge in [-0.3, -0.25) is 10.1 Å². The van der Waals surface area contributed by atoms with Gasteiger partial charge in [0.05, 0.1) is 11.5 Å². The van der Waals surface area contributed by atoms with Gasteiger partial charge in [0.2, 0.25) is 11.6 Å². The SMILES string of the molecule is CCCCOc1ccc(Nc2ncnc(NCCC(C)C)c2[N+](=O)[O-])cc1. The molecule has 146 valence electrons. The third kappa shape index (κ3) is 6.40. The minimum atomic E-state index is -0.470. The Morgan fingerprint density at radius 3 is 2.52 bits per heavy atom. The molecule has 0 fully saturated rings. The molecule has 0 aliphatic carbocycles. The number of rotatable bonds is 11. The second kappa shape index (κ2) is 10.3. The summed E-state index contributed by atoms with van der Waals surface area (Å²) in [7, 11) is 0. The van der Waals surface area contributed by atoms with Crippen molar-refractivity contribution in [2.24, 2.45) is 5.92 Å². The molecule has 2 rings (SSSR count). The molecule has 0 amide bonds. The van der Waals surface area contributed by atoms with Gasteiger partial charge in [-0.25, -0.2) is 9.97 Å². The standard InChI is InChI=1S/C19H27N5O3/c1-4-5-12-27-16-8-6-15(7-9-16)23-19-17(24(25)26)18(21-13-22-19)20-11-10-14(2)3/h6-9,13-14H,4-5,10-12H2,1-3H3,(H2,20,21,22,23). The van der Waals surface area contributed by atoms with Gasteiger partial charge < -0.3 is 15.4 Å². The van der Waals surface area contributed by atoms with Gasteiger partial charge in [-0.2, -0.15) is 0 Å². The molecule has 0 aliphatic heterocycles. The van der Waals surface area contributed by atoms with E-state index in [1.165, 1.54) is 6.33 Å². The molecule has 0 bridgehead atoms. The van der Waals surface area contributed by atoms with Crippen LogP contribution in [-0.4, -0.2) is 28.0 Å². The van der Waals surface area contributed by atoms with Crippen molar-refractivity contribution in [2.75, 3.05) is 23.8 Å². The van der Waals surface area contributed by atoms with E-state index in [9.17, 15) is 10.1 Å². The van der Waals surface area contributed by atoms with E-state index in [0.717, 1.165) is 25.0 Å². The van der Waals surface area contributed by atoms with Crippen molar-refractivity contribution in [3.63, 3.8) is 0 Å². The Morgan fingerprint density at radius 2 is 1.89 bits per heavy atom.